The van der Waals surface area contributed by atoms with Crippen LogP contribution in [0.5, 0.6) is 11.5 Å². The molecule has 0 spiro atoms. The van der Waals surface area contributed by atoms with E-state index < -0.39 is 12.0 Å². The third kappa shape index (κ3) is 5.85. The second-order valence-electron chi connectivity index (χ2n) is 9.03. The summed E-state index contributed by atoms with van der Waals surface area (Å²) in [6, 6.07) is 10.6. The Kier molecular flexibility index (Phi) is 8.73. The molecule has 0 saturated carbocycles. The zero-order chi connectivity index (χ0) is 27.2. The number of hydrogen-bond acceptors (Lipinski definition) is 9. The van der Waals surface area contributed by atoms with E-state index in [-0.39, 0.29) is 18.4 Å². The SMILES string of the molecule is COc1cccc([C@H]2C(C(=O)OC(C)C)=C(C)N=C3SC=C(CC(=O)NCCc4ccccn4)N32)c1OC. The Balaban J connectivity index is 1.64. The molecule has 2 aliphatic heterocycles. The maximum Gasteiger partial charge on any atom is 0.338 e. The number of aliphatic imine (C=N–C) groups is 1. The third-order valence-electron chi connectivity index (χ3n) is 6.06. The molecule has 0 aliphatic carbocycles. The molecule has 1 amide bonds. The molecule has 0 fully saturated rings. The van der Waals surface area contributed by atoms with Gasteiger partial charge in [0.25, 0.3) is 0 Å². The van der Waals surface area contributed by atoms with Gasteiger partial charge in [0.2, 0.25) is 5.91 Å². The maximum atomic E-state index is 13.4. The second-order valence-corrected chi connectivity index (χ2v) is 9.86. The van der Waals surface area contributed by atoms with Crippen LogP contribution >= 0.6 is 11.8 Å². The van der Waals surface area contributed by atoms with E-state index in [0.29, 0.717) is 46.5 Å². The Morgan fingerprint density at radius 2 is 1.95 bits per heavy atom. The molecule has 1 N–H and O–H groups in total. The van der Waals surface area contributed by atoms with Crippen molar-refractivity contribution < 1.29 is 23.8 Å². The van der Waals surface area contributed by atoms with Gasteiger partial charge in [-0.05, 0) is 44.4 Å². The van der Waals surface area contributed by atoms with Crippen molar-refractivity contribution in [2.45, 2.75) is 45.8 Å². The van der Waals surface area contributed by atoms with E-state index in [0.717, 1.165) is 11.4 Å². The van der Waals surface area contributed by atoms with Crippen LogP contribution in [0, 0.1) is 0 Å². The number of methoxy groups -OCH3 is 2. The first-order valence-electron chi connectivity index (χ1n) is 12.4. The van der Waals surface area contributed by atoms with Crippen LogP contribution in [0.15, 0.2) is 70.0 Å². The van der Waals surface area contributed by atoms with Crippen LogP contribution in [0.2, 0.25) is 0 Å². The zero-order valence-corrected chi connectivity index (χ0v) is 23.0. The molecule has 0 unspecified atom stereocenters. The van der Waals surface area contributed by atoms with Crippen LogP contribution in [-0.2, 0) is 20.7 Å². The normalized spacial score (nSPS) is 16.6. The largest absolute Gasteiger partial charge is 0.493 e. The lowest BCUT2D eigenvalue weighted by atomic mass is 9.92. The number of para-hydroxylation sites is 1. The first-order valence-corrected chi connectivity index (χ1v) is 13.2. The van der Waals surface area contributed by atoms with E-state index in [1.165, 1.54) is 11.8 Å². The quantitative estimate of drug-likeness (QED) is 0.447. The average Bonchev–Trinajstić information content (AvgIpc) is 3.29. The summed E-state index contributed by atoms with van der Waals surface area (Å²) in [6.45, 7) is 5.87. The highest BCUT2D eigenvalue weighted by molar-refractivity contribution is 8.16. The van der Waals surface area contributed by atoms with Crippen molar-refractivity contribution in [3.8, 4) is 11.5 Å². The molecule has 1 aromatic carbocycles. The predicted molar refractivity (Wildman–Crippen MR) is 147 cm³/mol. The van der Waals surface area contributed by atoms with Gasteiger partial charge in [0.1, 0.15) is 0 Å². The van der Waals surface area contributed by atoms with E-state index in [4.69, 9.17) is 19.2 Å². The summed E-state index contributed by atoms with van der Waals surface area (Å²) in [5.41, 5.74) is 3.28. The minimum Gasteiger partial charge on any atom is -0.493 e. The number of fused-ring (bicyclic) bond motifs is 1. The number of carbonyl (C=O) groups is 2. The standard InChI is InChI=1S/C28H32N4O5S/c1-17(2)37-27(34)24-18(3)31-28-32(25(24)21-10-8-11-22(35-4)26(21)36-5)20(16-38-28)15-23(33)30-14-12-19-9-6-7-13-29-19/h6-11,13,16-17,25H,12,14-15H2,1-5H3,(H,30,33)/t25-/m0/s1. The van der Waals surface area contributed by atoms with Crippen molar-refractivity contribution in [1.29, 1.82) is 0 Å². The van der Waals surface area contributed by atoms with Gasteiger partial charge in [-0.2, -0.15) is 0 Å². The Hall–Kier alpha value is -3.79. The highest BCUT2D eigenvalue weighted by Crippen LogP contribution is 2.48. The fourth-order valence-corrected chi connectivity index (χ4v) is 5.40. The van der Waals surface area contributed by atoms with E-state index in [1.807, 2.05) is 40.6 Å². The molecule has 2 aromatic rings. The number of esters is 1. The number of nitrogens with zero attached hydrogens (tertiary/aromatic N) is 3. The Bertz CT molecular complexity index is 1290. The number of thioether (sulfide) groups is 1. The summed E-state index contributed by atoms with van der Waals surface area (Å²) in [5, 5.41) is 5.55. The zero-order valence-electron chi connectivity index (χ0n) is 22.2. The number of rotatable bonds is 10. The monoisotopic (exact) mass is 536 g/mol. The number of allylic oxidation sites excluding steroid dienone is 1. The van der Waals surface area contributed by atoms with Crippen LogP contribution < -0.4 is 14.8 Å². The summed E-state index contributed by atoms with van der Waals surface area (Å²) in [7, 11) is 3.13. The molecule has 9 nitrogen and oxygen atoms in total. The molecule has 0 radical (unpaired) electrons. The number of amides is 1. The van der Waals surface area contributed by atoms with Crippen LogP contribution in [0.1, 0.15) is 44.5 Å². The summed E-state index contributed by atoms with van der Waals surface area (Å²) < 4.78 is 16.9. The van der Waals surface area contributed by atoms with Gasteiger partial charge >= 0.3 is 5.97 Å². The van der Waals surface area contributed by atoms with Crippen LogP contribution in [0.4, 0.5) is 0 Å². The highest BCUT2D eigenvalue weighted by Gasteiger charge is 2.43. The van der Waals surface area contributed by atoms with E-state index >= 15 is 0 Å². The van der Waals surface area contributed by atoms with E-state index in [9.17, 15) is 9.59 Å². The molecule has 1 aromatic heterocycles. The fraction of sp³-hybridized carbons (Fsp3) is 0.357. The lowest BCUT2D eigenvalue weighted by Crippen LogP contribution is -2.38. The van der Waals surface area contributed by atoms with Gasteiger partial charge in [0.15, 0.2) is 16.7 Å². The predicted octanol–water partition coefficient (Wildman–Crippen LogP) is 4.37. The third-order valence-corrected chi connectivity index (χ3v) is 6.95. The number of pyridine rings is 1. The van der Waals surface area contributed by atoms with Crippen molar-refractivity contribution in [3.63, 3.8) is 0 Å². The van der Waals surface area contributed by atoms with Gasteiger partial charge in [-0.25, -0.2) is 9.79 Å². The summed E-state index contributed by atoms with van der Waals surface area (Å²) >= 11 is 1.42. The van der Waals surface area contributed by atoms with E-state index in [1.54, 1.807) is 47.3 Å². The first-order chi connectivity index (χ1) is 18.3. The van der Waals surface area contributed by atoms with Gasteiger partial charge in [0, 0.05) is 36.1 Å². The highest BCUT2D eigenvalue weighted by atomic mass is 32.2. The first kappa shape index (κ1) is 27.3. The number of hydrogen-bond donors (Lipinski definition) is 1. The molecule has 200 valence electrons. The van der Waals surface area contributed by atoms with Crippen LogP contribution in [-0.4, -0.2) is 53.8 Å². The smallest absolute Gasteiger partial charge is 0.338 e. The fourth-order valence-electron chi connectivity index (χ4n) is 4.43. The molecule has 10 heteroatoms. The lowest BCUT2D eigenvalue weighted by molar-refractivity contribution is -0.143. The molecule has 2 aliphatic rings. The van der Waals surface area contributed by atoms with Gasteiger partial charge < -0.3 is 24.4 Å². The number of nitrogens with one attached hydrogen (secondary N) is 1. The molecule has 1 atom stereocenters. The van der Waals surface area contributed by atoms with Crippen LogP contribution in [0.3, 0.4) is 0 Å². The maximum absolute atomic E-state index is 13.4. The Morgan fingerprint density at radius 3 is 2.63 bits per heavy atom. The van der Waals surface area contributed by atoms with Crippen molar-refractivity contribution >= 4 is 28.8 Å². The topological polar surface area (TPSA) is 102 Å². The van der Waals surface area contributed by atoms with Crippen molar-refractivity contribution in [3.05, 3.63) is 76.2 Å². The number of benzene rings is 1. The molecular formula is C28H32N4O5S. The van der Waals surface area contributed by atoms with Crippen molar-refractivity contribution in [1.82, 2.24) is 15.2 Å². The molecule has 4 rings (SSSR count). The van der Waals surface area contributed by atoms with Gasteiger partial charge in [-0.15, -0.1) is 0 Å². The number of amidine groups is 1. The van der Waals surface area contributed by atoms with Crippen molar-refractivity contribution in [2.75, 3.05) is 20.8 Å². The second kappa shape index (κ2) is 12.2. The van der Waals surface area contributed by atoms with Gasteiger partial charge in [-0.3, -0.25) is 9.78 Å². The Morgan fingerprint density at radius 1 is 1.13 bits per heavy atom. The summed E-state index contributed by atoms with van der Waals surface area (Å²) in [5.74, 6) is 0.433. The van der Waals surface area contributed by atoms with E-state index in [2.05, 4.69) is 10.3 Å². The van der Waals surface area contributed by atoms with Gasteiger partial charge in [-0.1, -0.05) is 30.0 Å². The molecule has 3 heterocycles. The number of aromatic nitrogens is 1. The number of ether oxygens (including phenoxy) is 3. The summed E-state index contributed by atoms with van der Waals surface area (Å²) in [6.07, 6.45) is 2.17. The molecule has 38 heavy (non-hydrogen) atoms. The molecule has 0 saturated heterocycles. The minimum absolute atomic E-state index is 0.114. The molecular weight excluding hydrogens is 504 g/mol. The minimum atomic E-state index is -0.624. The van der Waals surface area contributed by atoms with Gasteiger partial charge in [0.05, 0.1) is 44.1 Å². The Labute approximate surface area is 227 Å². The molecule has 0 bridgehead atoms. The van der Waals surface area contributed by atoms with Crippen molar-refractivity contribution in [2.24, 2.45) is 4.99 Å². The average molecular weight is 537 g/mol. The van der Waals surface area contributed by atoms with Crippen LogP contribution in [0.25, 0.3) is 0 Å². The number of carbonyl (C=O) groups excluding carboxylic acids is 2. The summed E-state index contributed by atoms with van der Waals surface area (Å²) in [4.78, 5) is 37.3. The lowest BCUT2D eigenvalue weighted by Gasteiger charge is -2.37.